The number of carboxylic acid groups (broad SMARTS) is 1. The van der Waals surface area contributed by atoms with E-state index in [4.69, 9.17) is 27.0 Å². The highest BCUT2D eigenvalue weighted by molar-refractivity contribution is 8.26. The maximum atomic E-state index is 13.7. The molecule has 192 valence electrons. The molecule has 4 rings (SSSR count). The van der Waals surface area contributed by atoms with E-state index in [9.17, 15) is 14.4 Å². The van der Waals surface area contributed by atoms with Gasteiger partial charge in [-0.2, -0.15) is 0 Å². The summed E-state index contributed by atoms with van der Waals surface area (Å²) in [4.78, 5) is 46.4. The predicted molar refractivity (Wildman–Crippen MR) is 144 cm³/mol. The van der Waals surface area contributed by atoms with Crippen molar-refractivity contribution in [2.45, 2.75) is 58.7 Å². The van der Waals surface area contributed by atoms with Crippen molar-refractivity contribution in [1.82, 2.24) is 14.3 Å². The number of hydrogen-bond donors (Lipinski definition) is 1. The van der Waals surface area contributed by atoms with Crippen LogP contribution in [-0.4, -0.2) is 67.4 Å². The minimum absolute atomic E-state index is 0.0296. The van der Waals surface area contributed by atoms with Gasteiger partial charge in [-0.1, -0.05) is 36.5 Å². The Hall–Kier alpha value is -2.76. The van der Waals surface area contributed by atoms with Gasteiger partial charge in [0.15, 0.2) is 0 Å². The Kier molecular flexibility index (Phi) is 8.11. The number of rotatable bonds is 8. The fraction of sp³-hybridized carbons (Fsp3) is 0.480. The summed E-state index contributed by atoms with van der Waals surface area (Å²) in [6.45, 7) is 7.47. The van der Waals surface area contributed by atoms with E-state index in [1.807, 2.05) is 26.8 Å². The first-order chi connectivity index (χ1) is 17.2. The van der Waals surface area contributed by atoms with Crippen molar-refractivity contribution in [2.24, 2.45) is 0 Å². The zero-order chi connectivity index (χ0) is 26.0. The number of ether oxygens (including phenoxy) is 1. The average molecular weight is 531 g/mol. The number of carbonyl (C=O) groups is 2. The first kappa shape index (κ1) is 26.3. The molecule has 11 heteroatoms. The van der Waals surface area contributed by atoms with Crippen LogP contribution in [0.3, 0.4) is 0 Å². The number of carboxylic acids is 1. The topological polar surface area (TPSA) is 104 Å². The molecule has 2 aromatic heterocycles. The molecule has 2 atom stereocenters. The standard InChI is InChI=1S/C25H30N4O5S2/c1-15-8-7-11-28-21(15)26-22(27-13-16(2)34-17(3)14-27)18(23(28)32)12-19-24(33)29(25(35)36-19)10-6-4-5-9-20(30)31/h7-8,11-12,16-17H,4-6,9-10,13-14H2,1-3H3,(H,30,31). The third-order valence-electron chi connectivity index (χ3n) is 6.20. The normalized spacial score (nSPS) is 21.7. The lowest BCUT2D eigenvalue weighted by Gasteiger charge is -2.36. The van der Waals surface area contributed by atoms with Gasteiger partial charge in [0.05, 0.1) is 22.7 Å². The van der Waals surface area contributed by atoms with E-state index in [1.54, 1.807) is 18.3 Å². The van der Waals surface area contributed by atoms with E-state index >= 15 is 0 Å². The number of fused-ring (bicyclic) bond motifs is 1. The van der Waals surface area contributed by atoms with Gasteiger partial charge in [0.2, 0.25) is 0 Å². The maximum absolute atomic E-state index is 13.7. The first-order valence-corrected chi connectivity index (χ1v) is 13.3. The molecular formula is C25H30N4O5S2. The van der Waals surface area contributed by atoms with Gasteiger partial charge in [0, 0.05) is 32.3 Å². The Morgan fingerprint density at radius 2 is 1.97 bits per heavy atom. The van der Waals surface area contributed by atoms with Crippen LogP contribution < -0.4 is 10.5 Å². The van der Waals surface area contributed by atoms with Crippen molar-refractivity contribution in [3.05, 3.63) is 44.7 Å². The molecule has 0 spiro atoms. The Morgan fingerprint density at radius 1 is 1.25 bits per heavy atom. The summed E-state index contributed by atoms with van der Waals surface area (Å²) in [5, 5.41) is 8.79. The molecule has 0 aromatic carbocycles. The third kappa shape index (κ3) is 5.63. The maximum Gasteiger partial charge on any atom is 0.303 e. The summed E-state index contributed by atoms with van der Waals surface area (Å²) in [7, 11) is 0. The summed E-state index contributed by atoms with van der Waals surface area (Å²) in [6.07, 6.45) is 5.25. The van der Waals surface area contributed by atoms with Crippen molar-refractivity contribution in [1.29, 1.82) is 0 Å². The predicted octanol–water partition coefficient (Wildman–Crippen LogP) is 3.46. The number of unbranched alkanes of at least 4 members (excludes halogenated alkanes) is 2. The van der Waals surface area contributed by atoms with Crippen LogP contribution >= 0.6 is 24.0 Å². The highest BCUT2D eigenvalue weighted by Crippen LogP contribution is 2.34. The fourth-order valence-electron chi connectivity index (χ4n) is 4.57. The highest BCUT2D eigenvalue weighted by atomic mass is 32.2. The Balaban J connectivity index is 1.68. The second-order valence-corrected chi connectivity index (χ2v) is 10.9. The van der Waals surface area contributed by atoms with Gasteiger partial charge in [-0.3, -0.25) is 23.7 Å². The van der Waals surface area contributed by atoms with E-state index in [0.717, 1.165) is 5.56 Å². The van der Waals surface area contributed by atoms with Gasteiger partial charge in [0.25, 0.3) is 11.5 Å². The van der Waals surface area contributed by atoms with Crippen LogP contribution in [-0.2, 0) is 14.3 Å². The smallest absolute Gasteiger partial charge is 0.303 e. The number of aliphatic carboxylic acids is 1. The number of aryl methyl sites for hydroxylation is 1. The summed E-state index contributed by atoms with van der Waals surface area (Å²) >= 11 is 6.63. The number of nitrogens with zero attached hydrogens (tertiary/aromatic N) is 4. The highest BCUT2D eigenvalue weighted by Gasteiger charge is 2.33. The Bertz CT molecular complexity index is 1280. The van der Waals surface area contributed by atoms with Gasteiger partial charge in [-0.25, -0.2) is 4.98 Å². The molecule has 2 saturated heterocycles. The molecule has 4 heterocycles. The van der Waals surface area contributed by atoms with Crippen LogP contribution in [0.15, 0.2) is 28.0 Å². The van der Waals surface area contributed by atoms with Gasteiger partial charge >= 0.3 is 5.97 Å². The van der Waals surface area contributed by atoms with E-state index in [0.29, 0.717) is 65.2 Å². The lowest BCUT2D eigenvalue weighted by Crippen LogP contribution is -2.46. The molecule has 0 saturated carbocycles. The molecule has 2 aliphatic rings. The van der Waals surface area contributed by atoms with Crippen LogP contribution in [0.25, 0.3) is 11.7 Å². The average Bonchev–Trinajstić information content (AvgIpc) is 3.07. The number of pyridine rings is 1. The molecule has 1 amide bonds. The number of hydrogen-bond acceptors (Lipinski definition) is 8. The zero-order valence-corrected chi connectivity index (χ0v) is 22.2. The molecule has 2 fully saturated rings. The summed E-state index contributed by atoms with van der Waals surface area (Å²) < 4.78 is 7.83. The molecule has 1 N–H and O–H groups in total. The molecule has 2 unspecified atom stereocenters. The number of thiocarbonyl (C=S) groups is 1. The lowest BCUT2D eigenvalue weighted by molar-refractivity contribution is -0.137. The van der Waals surface area contributed by atoms with Crippen molar-refractivity contribution in [3.63, 3.8) is 0 Å². The Morgan fingerprint density at radius 3 is 2.67 bits per heavy atom. The summed E-state index contributed by atoms with van der Waals surface area (Å²) in [6, 6.07) is 3.72. The van der Waals surface area contributed by atoms with Crippen molar-refractivity contribution in [2.75, 3.05) is 24.5 Å². The van der Waals surface area contributed by atoms with Crippen LogP contribution in [0.2, 0.25) is 0 Å². The molecule has 9 nitrogen and oxygen atoms in total. The summed E-state index contributed by atoms with van der Waals surface area (Å²) in [5.41, 5.74) is 1.56. The van der Waals surface area contributed by atoms with Gasteiger partial charge < -0.3 is 14.7 Å². The quantitative estimate of drug-likeness (QED) is 0.312. The van der Waals surface area contributed by atoms with Gasteiger partial charge in [-0.15, -0.1) is 0 Å². The third-order valence-corrected chi connectivity index (χ3v) is 7.58. The number of aromatic nitrogens is 2. The molecule has 36 heavy (non-hydrogen) atoms. The van der Waals surface area contributed by atoms with Crippen molar-refractivity contribution < 1.29 is 19.4 Å². The monoisotopic (exact) mass is 530 g/mol. The van der Waals surface area contributed by atoms with Crippen LogP contribution in [0, 0.1) is 6.92 Å². The molecule has 2 aromatic rings. The first-order valence-electron chi connectivity index (χ1n) is 12.0. The van der Waals surface area contributed by atoms with E-state index in [2.05, 4.69) is 4.90 Å². The molecular weight excluding hydrogens is 500 g/mol. The largest absolute Gasteiger partial charge is 0.481 e. The minimum Gasteiger partial charge on any atom is -0.481 e. The molecule has 0 radical (unpaired) electrons. The lowest BCUT2D eigenvalue weighted by atomic mass is 10.1. The second-order valence-electron chi connectivity index (χ2n) is 9.24. The second kappa shape index (κ2) is 11.1. The van der Waals surface area contributed by atoms with E-state index in [-0.39, 0.29) is 30.1 Å². The van der Waals surface area contributed by atoms with E-state index in [1.165, 1.54) is 21.1 Å². The van der Waals surface area contributed by atoms with E-state index < -0.39 is 5.97 Å². The van der Waals surface area contributed by atoms with Crippen LogP contribution in [0.4, 0.5) is 5.82 Å². The van der Waals surface area contributed by atoms with Gasteiger partial charge in [0.1, 0.15) is 15.8 Å². The number of thioether (sulfide) groups is 1. The van der Waals surface area contributed by atoms with Crippen molar-refractivity contribution >= 4 is 57.7 Å². The number of carbonyl (C=O) groups excluding carboxylic acids is 1. The number of amides is 1. The number of morpholine rings is 1. The number of anilines is 1. The zero-order valence-electron chi connectivity index (χ0n) is 20.6. The molecule has 2 aliphatic heterocycles. The molecule has 0 aliphatic carbocycles. The van der Waals surface area contributed by atoms with Crippen LogP contribution in [0.1, 0.15) is 50.7 Å². The molecule has 0 bridgehead atoms. The SMILES string of the molecule is Cc1cccn2c(=O)c(C=C3SC(=S)N(CCCCCC(=O)O)C3=O)c(N3CC(C)OC(C)C3)nc12. The Labute approximate surface area is 219 Å². The van der Waals surface area contributed by atoms with Crippen molar-refractivity contribution in [3.8, 4) is 0 Å². The minimum atomic E-state index is -0.825. The fourth-order valence-corrected chi connectivity index (χ4v) is 5.86. The van der Waals surface area contributed by atoms with Crippen LogP contribution in [0.5, 0.6) is 0 Å². The summed E-state index contributed by atoms with van der Waals surface area (Å²) in [5.74, 6) is -0.532. The van der Waals surface area contributed by atoms with Gasteiger partial charge in [-0.05, 0) is 51.3 Å².